The second-order valence-corrected chi connectivity index (χ2v) is 5.33. The first-order valence-electron chi connectivity index (χ1n) is 5.76. The van der Waals surface area contributed by atoms with Gasteiger partial charge in [0.25, 0.3) is 0 Å². The van der Waals surface area contributed by atoms with Gasteiger partial charge in [0.05, 0.1) is 0 Å². The topological polar surface area (TPSA) is 50.4 Å². The zero-order valence-electron chi connectivity index (χ0n) is 10.4. The number of hydrogen-bond acceptors (Lipinski definition) is 3. The molecular weight excluding hydrogens is 230 g/mol. The first kappa shape index (κ1) is 14.2. The molecule has 2 N–H and O–H groups in total. The number of halogens is 2. The molecule has 17 heavy (non-hydrogen) atoms. The number of carbonyl (C=O) groups excluding carboxylic acids is 1. The molecule has 1 aliphatic heterocycles. The Morgan fingerprint density at radius 1 is 1.41 bits per heavy atom. The van der Waals surface area contributed by atoms with E-state index in [1.54, 1.807) is 20.8 Å². The number of rotatable bonds is 2. The van der Waals surface area contributed by atoms with E-state index in [9.17, 15) is 13.6 Å². The van der Waals surface area contributed by atoms with Crippen molar-refractivity contribution >= 4 is 6.09 Å². The average molecular weight is 250 g/mol. The molecule has 1 heterocycles. The van der Waals surface area contributed by atoms with Crippen LogP contribution < -0.4 is 10.6 Å². The van der Waals surface area contributed by atoms with Crippen molar-refractivity contribution in [1.82, 2.24) is 10.6 Å². The van der Waals surface area contributed by atoms with E-state index >= 15 is 0 Å². The molecule has 0 aromatic carbocycles. The Bertz CT molecular complexity index is 267. The lowest BCUT2D eigenvalue weighted by molar-refractivity contribution is 0.0378. The SMILES string of the molecule is CC(C)(C)OC(=O)N[C@@H]1CNC[C@@H](C(F)F)C1. The monoisotopic (exact) mass is 250 g/mol. The molecule has 0 aromatic rings. The van der Waals surface area contributed by atoms with Gasteiger partial charge < -0.3 is 15.4 Å². The lowest BCUT2D eigenvalue weighted by atomic mass is 9.96. The zero-order valence-corrected chi connectivity index (χ0v) is 10.4. The van der Waals surface area contributed by atoms with Crippen LogP contribution in [0.25, 0.3) is 0 Å². The van der Waals surface area contributed by atoms with Crippen LogP contribution in [0, 0.1) is 5.92 Å². The second-order valence-electron chi connectivity index (χ2n) is 5.33. The molecule has 0 bridgehead atoms. The van der Waals surface area contributed by atoms with E-state index < -0.39 is 24.0 Å². The first-order valence-corrected chi connectivity index (χ1v) is 5.76. The van der Waals surface area contributed by atoms with Crippen LogP contribution in [0.15, 0.2) is 0 Å². The lowest BCUT2D eigenvalue weighted by Crippen LogP contribution is -2.51. The Balaban J connectivity index is 2.38. The number of alkyl carbamates (subject to hydrolysis) is 1. The van der Waals surface area contributed by atoms with E-state index in [0.717, 1.165) is 0 Å². The highest BCUT2D eigenvalue weighted by Crippen LogP contribution is 2.18. The molecular formula is C11H20F2N2O2. The van der Waals surface area contributed by atoms with Crippen molar-refractivity contribution in [2.75, 3.05) is 13.1 Å². The van der Waals surface area contributed by atoms with Crippen LogP contribution in [-0.4, -0.2) is 37.3 Å². The van der Waals surface area contributed by atoms with Gasteiger partial charge in [-0.3, -0.25) is 0 Å². The van der Waals surface area contributed by atoms with Crippen molar-refractivity contribution in [1.29, 1.82) is 0 Å². The summed E-state index contributed by atoms with van der Waals surface area (Å²) in [6.45, 7) is 6.07. The molecule has 2 atom stereocenters. The predicted octanol–water partition coefficient (Wildman–Crippen LogP) is 1.75. The predicted molar refractivity (Wildman–Crippen MR) is 60.1 cm³/mol. The summed E-state index contributed by atoms with van der Waals surface area (Å²) in [4.78, 5) is 11.5. The largest absolute Gasteiger partial charge is 0.444 e. The molecule has 0 radical (unpaired) electrons. The van der Waals surface area contributed by atoms with Gasteiger partial charge in [-0.15, -0.1) is 0 Å². The average Bonchev–Trinajstić information content (AvgIpc) is 2.14. The van der Waals surface area contributed by atoms with Crippen LogP contribution in [0.4, 0.5) is 13.6 Å². The van der Waals surface area contributed by atoms with Gasteiger partial charge >= 0.3 is 6.09 Å². The Labute approximate surface area is 100 Å². The molecule has 1 saturated heterocycles. The molecule has 1 rings (SSSR count). The lowest BCUT2D eigenvalue weighted by Gasteiger charge is -2.30. The quantitative estimate of drug-likeness (QED) is 0.785. The minimum absolute atomic E-state index is 0.282. The maximum absolute atomic E-state index is 12.5. The van der Waals surface area contributed by atoms with E-state index in [-0.39, 0.29) is 12.5 Å². The molecule has 0 aromatic heterocycles. The van der Waals surface area contributed by atoms with Crippen molar-refractivity contribution in [3.8, 4) is 0 Å². The van der Waals surface area contributed by atoms with Crippen molar-refractivity contribution in [2.45, 2.75) is 45.3 Å². The summed E-state index contributed by atoms with van der Waals surface area (Å²) < 4.78 is 30.1. The van der Waals surface area contributed by atoms with Gasteiger partial charge in [0.1, 0.15) is 5.60 Å². The Morgan fingerprint density at radius 2 is 2.06 bits per heavy atom. The summed E-state index contributed by atoms with van der Waals surface area (Å²) in [5.74, 6) is -0.705. The summed E-state index contributed by atoms with van der Waals surface area (Å²) in [5.41, 5.74) is -0.575. The Morgan fingerprint density at radius 3 is 2.59 bits per heavy atom. The van der Waals surface area contributed by atoms with Crippen LogP contribution in [0.2, 0.25) is 0 Å². The standard InChI is InChI=1S/C11H20F2N2O2/c1-11(2,3)17-10(16)15-8-4-7(9(12)13)5-14-6-8/h7-9,14H,4-6H2,1-3H3,(H,15,16)/t7-,8-/m0/s1. The van der Waals surface area contributed by atoms with Crippen LogP contribution in [-0.2, 0) is 4.74 Å². The smallest absolute Gasteiger partial charge is 0.407 e. The van der Waals surface area contributed by atoms with E-state index in [4.69, 9.17) is 4.74 Å². The number of alkyl halides is 2. The molecule has 0 saturated carbocycles. The fourth-order valence-corrected chi connectivity index (χ4v) is 1.75. The summed E-state index contributed by atoms with van der Waals surface area (Å²) in [7, 11) is 0. The highest BCUT2D eigenvalue weighted by atomic mass is 19.3. The van der Waals surface area contributed by atoms with E-state index in [2.05, 4.69) is 10.6 Å². The Hall–Kier alpha value is -0.910. The molecule has 6 heteroatoms. The van der Waals surface area contributed by atoms with E-state index in [0.29, 0.717) is 13.1 Å². The van der Waals surface area contributed by atoms with Gasteiger partial charge in [-0.1, -0.05) is 0 Å². The van der Waals surface area contributed by atoms with Gasteiger partial charge in [-0.05, 0) is 27.2 Å². The third-order valence-electron chi connectivity index (χ3n) is 2.46. The van der Waals surface area contributed by atoms with Crippen molar-refractivity contribution in [2.24, 2.45) is 5.92 Å². The summed E-state index contributed by atoms with van der Waals surface area (Å²) in [5, 5.41) is 5.49. The van der Waals surface area contributed by atoms with Crippen LogP contribution in [0.5, 0.6) is 0 Å². The van der Waals surface area contributed by atoms with Crippen LogP contribution in [0.1, 0.15) is 27.2 Å². The molecule has 0 spiro atoms. The summed E-state index contributed by atoms with van der Waals surface area (Å²) in [6.07, 6.45) is -2.63. The van der Waals surface area contributed by atoms with E-state index in [1.165, 1.54) is 0 Å². The third-order valence-corrected chi connectivity index (χ3v) is 2.46. The maximum atomic E-state index is 12.5. The number of carbonyl (C=O) groups is 1. The zero-order chi connectivity index (χ0) is 13.1. The van der Waals surface area contributed by atoms with Crippen LogP contribution >= 0.6 is 0 Å². The van der Waals surface area contributed by atoms with Gasteiger partial charge in [-0.25, -0.2) is 13.6 Å². The van der Waals surface area contributed by atoms with Gasteiger partial charge in [-0.2, -0.15) is 0 Å². The first-order chi connectivity index (χ1) is 7.78. The second kappa shape index (κ2) is 5.62. The molecule has 1 aliphatic rings. The number of hydrogen-bond donors (Lipinski definition) is 2. The van der Waals surface area contributed by atoms with Crippen molar-refractivity contribution in [3.63, 3.8) is 0 Å². The molecule has 1 amide bonds. The van der Waals surface area contributed by atoms with Gasteiger partial charge in [0.2, 0.25) is 6.43 Å². The number of piperidine rings is 1. The molecule has 100 valence electrons. The minimum Gasteiger partial charge on any atom is -0.444 e. The fraction of sp³-hybridized carbons (Fsp3) is 0.909. The van der Waals surface area contributed by atoms with Crippen molar-refractivity contribution < 1.29 is 18.3 Å². The van der Waals surface area contributed by atoms with E-state index in [1.807, 2.05) is 0 Å². The normalized spacial score (nSPS) is 25.8. The maximum Gasteiger partial charge on any atom is 0.407 e. The fourth-order valence-electron chi connectivity index (χ4n) is 1.75. The molecule has 0 unspecified atom stereocenters. The highest BCUT2D eigenvalue weighted by Gasteiger charge is 2.29. The molecule has 1 fully saturated rings. The van der Waals surface area contributed by atoms with Gasteiger partial charge in [0, 0.05) is 25.0 Å². The summed E-state index contributed by atoms with van der Waals surface area (Å²) >= 11 is 0. The molecule has 0 aliphatic carbocycles. The van der Waals surface area contributed by atoms with Gasteiger partial charge in [0.15, 0.2) is 0 Å². The summed E-state index contributed by atoms with van der Waals surface area (Å²) in [6, 6.07) is -0.294. The number of amides is 1. The Kier molecular flexibility index (Phi) is 4.68. The van der Waals surface area contributed by atoms with Crippen molar-refractivity contribution in [3.05, 3.63) is 0 Å². The minimum atomic E-state index is -2.36. The third kappa shape index (κ3) is 5.30. The highest BCUT2D eigenvalue weighted by molar-refractivity contribution is 5.68. The number of nitrogens with one attached hydrogen (secondary N) is 2. The number of ether oxygens (including phenoxy) is 1. The molecule has 4 nitrogen and oxygen atoms in total. The van der Waals surface area contributed by atoms with Crippen LogP contribution in [0.3, 0.4) is 0 Å².